The van der Waals surface area contributed by atoms with Gasteiger partial charge < -0.3 is 30.5 Å². The van der Waals surface area contributed by atoms with E-state index in [1.807, 2.05) is 0 Å². The molecule has 0 bridgehead atoms. The predicted molar refractivity (Wildman–Crippen MR) is 71.5 cm³/mol. The molecule has 0 fully saturated rings. The summed E-state index contributed by atoms with van der Waals surface area (Å²) in [4.78, 5) is 10.4. The van der Waals surface area contributed by atoms with E-state index in [0.717, 1.165) is 0 Å². The maximum absolute atomic E-state index is 11.2. The van der Waals surface area contributed by atoms with Gasteiger partial charge in [-0.15, -0.1) is 0 Å². The Bertz CT molecular complexity index is 423. The summed E-state index contributed by atoms with van der Waals surface area (Å²) < 4.78 is 5.31. The molecule has 0 aliphatic rings. The smallest absolute Gasteiger partial charge is 0.305 e. The molecule has 19 heavy (non-hydrogen) atoms. The van der Waals surface area contributed by atoms with Crippen molar-refractivity contribution in [3.8, 4) is 5.75 Å². The molecule has 3 N–H and O–H groups in total. The van der Waals surface area contributed by atoms with Gasteiger partial charge in [-0.2, -0.15) is 0 Å². The minimum atomic E-state index is -0.902. The highest BCUT2D eigenvalue weighted by atomic mass is 16.5. The number of anilines is 2. The van der Waals surface area contributed by atoms with Crippen molar-refractivity contribution in [2.75, 3.05) is 37.2 Å². The third kappa shape index (κ3) is 5.02. The van der Waals surface area contributed by atoms with Crippen LogP contribution in [0.5, 0.6) is 5.75 Å². The van der Waals surface area contributed by atoms with Crippen LogP contribution in [0, 0.1) is 5.21 Å². The number of carbonyl (C=O) groups is 1. The lowest BCUT2D eigenvalue weighted by Crippen LogP contribution is -2.11. The minimum Gasteiger partial charge on any atom is -0.758 e. The molecular weight excluding hydrogens is 252 g/mol. The van der Waals surface area contributed by atoms with Crippen molar-refractivity contribution in [2.45, 2.75) is 6.42 Å². The van der Waals surface area contributed by atoms with Gasteiger partial charge in [0, 0.05) is 18.3 Å². The van der Waals surface area contributed by atoms with Crippen LogP contribution in [-0.4, -0.2) is 43.0 Å². The molecule has 106 valence electrons. The van der Waals surface area contributed by atoms with E-state index >= 15 is 0 Å². The first-order valence-electron chi connectivity index (χ1n) is 5.79. The highest BCUT2D eigenvalue weighted by Crippen LogP contribution is 2.29. The molecule has 0 heterocycles. The fourth-order valence-electron chi connectivity index (χ4n) is 1.43. The van der Waals surface area contributed by atoms with E-state index in [-0.39, 0.29) is 26.2 Å². The molecule has 1 aromatic carbocycles. The predicted octanol–water partition coefficient (Wildman–Crippen LogP) is 0.878. The normalized spacial score (nSPS) is 10.1. The van der Waals surface area contributed by atoms with Gasteiger partial charge in [-0.3, -0.25) is 4.79 Å². The number of hydrogen-bond donors (Lipinski definition) is 3. The fourth-order valence-corrected chi connectivity index (χ4v) is 1.43. The Morgan fingerprint density at radius 2 is 2.26 bits per heavy atom. The number of hydrogen-bond acceptors (Lipinski definition) is 6. The Balaban J connectivity index is 2.79. The number of rotatable bonds is 8. The van der Waals surface area contributed by atoms with Crippen molar-refractivity contribution in [2.24, 2.45) is 0 Å². The molecule has 7 nitrogen and oxygen atoms in total. The summed E-state index contributed by atoms with van der Waals surface area (Å²) in [5.41, 5.74) is 0.997. The molecule has 0 aliphatic carbocycles. The van der Waals surface area contributed by atoms with Gasteiger partial charge in [0.15, 0.2) is 0 Å². The largest absolute Gasteiger partial charge is 0.758 e. The fraction of sp³-hybridized carbons (Fsp3) is 0.417. The molecule has 0 saturated carbocycles. The van der Waals surface area contributed by atoms with Crippen LogP contribution >= 0.6 is 0 Å². The molecule has 0 amide bonds. The number of nitrogens with zero attached hydrogens (tertiary/aromatic N) is 1. The highest BCUT2D eigenvalue weighted by Gasteiger charge is 2.06. The van der Waals surface area contributed by atoms with E-state index in [0.29, 0.717) is 22.2 Å². The number of benzene rings is 1. The Hall–Kier alpha value is -1.99. The van der Waals surface area contributed by atoms with Crippen LogP contribution in [0.25, 0.3) is 0 Å². The molecule has 1 aromatic rings. The minimum absolute atomic E-state index is 0.0251. The summed E-state index contributed by atoms with van der Waals surface area (Å²) >= 11 is 0. The van der Waals surface area contributed by atoms with Crippen LogP contribution in [0.3, 0.4) is 0 Å². The highest BCUT2D eigenvalue weighted by molar-refractivity contribution is 5.69. The van der Waals surface area contributed by atoms with Gasteiger partial charge >= 0.3 is 5.97 Å². The van der Waals surface area contributed by atoms with Crippen LogP contribution in [0.15, 0.2) is 18.2 Å². The summed E-state index contributed by atoms with van der Waals surface area (Å²) in [5.74, 6) is -0.499. The number of carboxylic acid groups (broad SMARTS) is 1. The van der Waals surface area contributed by atoms with E-state index in [9.17, 15) is 10.0 Å². The molecule has 0 unspecified atom stereocenters. The zero-order valence-electron chi connectivity index (χ0n) is 10.6. The van der Waals surface area contributed by atoms with Crippen LogP contribution in [0.4, 0.5) is 11.4 Å². The third-order valence-corrected chi connectivity index (χ3v) is 2.33. The second-order valence-corrected chi connectivity index (χ2v) is 3.82. The first-order chi connectivity index (χ1) is 9.04. The lowest BCUT2D eigenvalue weighted by Gasteiger charge is -2.26. The number of aliphatic hydroxyl groups excluding tert-OH is 1. The second-order valence-electron chi connectivity index (χ2n) is 3.82. The van der Waals surface area contributed by atoms with Crippen molar-refractivity contribution in [3.63, 3.8) is 0 Å². The Labute approximate surface area is 111 Å². The van der Waals surface area contributed by atoms with E-state index in [1.165, 1.54) is 13.1 Å². The van der Waals surface area contributed by atoms with Crippen molar-refractivity contribution in [1.82, 2.24) is 0 Å². The van der Waals surface area contributed by atoms with Gasteiger partial charge in [-0.1, -0.05) is 0 Å². The number of aliphatic carboxylic acids is 1. The van der Waals surface area contributed by atoms with Crippen molar-refractivity contribution in [1.29, 1.82) is 0 Å². The molecule has 0 aliphatic heterocycles. The lowest BCUT2D eigenvalue weighted by molar-refractivity contribution is -0.136. The zero-order valence-corrected chi connectivity index (χ0v) is 10.6. The van der Waals surface area contributed by atoms with E-state index < -0.39 is 5.97 Å². The van der Waals surface area contributed by atoms with E-state index in [4.69, 9.17) is 14.9 Å². The summed E-state index contributed by atoms with van der Waals surface area (Å²) in [6, 6.07) is 4.77. The van der Waals surface area contributed by atoms with Gasteiger partial charge in [0.2, 0.25) is 0 Å². The average Bonchev–Trinajstić information content (AvgIpc) is 2.36. The zero-order chi connectivity index (χ0) is 14.3. The summed E-state index contributed by atoms with van der Waals surface area (Å²) in [5, 5.41) is 32.1. The lowest BCUT2D eigenvalue weighted by atomic mass is 10.2. The van der Waals surface area contributed by atoms with Crippen LogP contribution in [0.1, 0.15) is 6.42 Å². The van der Waals surface area contributed by atoms with Gasteiger partial charge in [0.1, 0.15) is 12.4 Å². The SMILES string of the molecule is CN([O-])c1ccc(NCCC(=O)O)c(OCCO)c1. The molecule has 0 spiro atoms. The number of nitrogens with one attached hydrogen (secondary N) is 1. The monoisotopic (exact) mass is 269 g/mol. The average molecular weight is 269 g/mol. The summed E-state index contributed by atoms with van der Waals surface area (Å²) in [6.07, 6.45) is -0.0251. The molecule has 7 heteroatoms. The second kappa shape index (κ2) is 7.45. The topological polar surface area (TPSA) is 105 Å². The van der Waals surface area contributed by atoms with Gasteiger partial charge in [0.25, 0.3) is 0 Å². The molecule has 0 saturated heterocycles. The third-order valence-electron chi connectivity index (χ3n) is 2.33. The number of hydroxylamine groups is 1. The van der Waals surface area contributed by atoms with Crippen LogP contribution in [-0.2, 0) is 4.79 Å². The first-order valence-corrected chi connectivity index (χ1v) is 5.79. The number of ether oxygens (including phenoxy) is 1. The maximum atomic E-state index is 11.2. The van der Waals surface area contributed by atoms with Gasteiger partial charge in [-0.25, -0.2) is 0 Å². The summed E-state index contributed by atoms with van der Waals surface area (Å²) in [6.45, 7) is 0.197. The standard InChI is InChI=1S/C12H17N2O5/c1-14(18)9-2-3-10(13-5-4-12(16)17)11(8-9)19-7-6-15/h2-3,8,13,15H,4-7H2,1H3,(H,16,17)/q-1. The Morgan fingerprint density at radius 3 is 2.84 bits per heavy atom. The van der Waals surface area contributed by atoms with E-state index in [2.05, 4.69) is 5.32 Å². The number of carboxylic acids is 1. The Morgan fingerprint density at radius 1 is 1.53 bits per heavy atom. The quantitative estimate of drug-likeness (QED) is 0.601. The summed E-state index contributed by atoms with van der Waals surface area (Å²) in [7, 11) is 1.36. The maximum Gasteiger partial charge on any atom is 0.305 e. The van der Waals surface area contributed by atoms with E-state index in [1.54, 1.807) is 12.1 Å². The molecule has 0 aromatic heterocycles. The molecule has 0 radical (unpaired) electrons. The molecule has 1 rings (SSSR count). The van der Waals surface area contributed by atoms with Gasteiger partial charge in [-0.05, 0) is 19.2 Å². The van der Waals surface area contributed by atoms with Crippen molar-refractivity contribution in [3.05, 3.63) is 23.4 Å². The van der Waals surface area contributed by atoms with Crippen molar-refractivity contribution < 1.29 is 19.7 Å². The van der Waals surface area contributed by atoms with Crippen LogP contribution in [0.2, 0.25) is 0 Å². The van der Waals surface area contributed by atoms with Crippen molar-refractivity contribution >= 4 is 17.3 Å². The number of aliphatic hydroxyl groups is 1. The van der Waals surface area contributed by atoms with Gasteiger partial charge in [0.05, 0.1) is 18.7 Å². The van der Waals surface area contributed by atoms with Crippen LogP contribution < -0.4 is 15.1 Å². The molecule has 0 atom stereocenters. The first kappa shape index (κ1) is 15.1. The Kier molecular flexibility index (Phi) is 5.91. The molecular formula is C12H17N2O5-.